The van der Waals surface area contributed by atoms with Crippen molar-refractivity contribution in [2.45, 2.75) is 39.7 Å². The molecule has 0 spiro atoms. The first-order valence-electron chi connectivity index (χ1n) is 6.36. The van der Waals surface area contributed by atoms with Crippen LogP contribution in [0.25, 0.3) is 0 Å². The van der Waals surface area contributed by atoms with E-state index in [1.165, 1.54) is 12.8 Å². The molecular formula is C13H27NO2. The fourth-order valence-corrected chi connectivity index (χ4v) is 2.28. The number of rotatable bonds is 5. The van der Waals surface area contributed by atoms with Gasteiger partial charge in [-0.3, -0.25) is 0 Å². The molecule has 16 heavy (non-hydrogen) atoms. The molecule has 3 nitrogen and oxygen atoms in total. The van der Waals surface area contributed by atoms with Crippen LogP contribution in [0.1, 0.15) is 33.6 Å². The van der Waals surface area contributed by atoms with Crippen LogP contribution in [0.4, 0.5) is 0 Å². The zero-order valence-electron chi connectivity index (χ0n) is 11.2. The van der Waals surface area contributed by atoms with E-state index in [4.69, 9.17) is 4.74 Å². The third-order valence-electron chi connectivity index (χ3n) is 3.63. The van der Waals surface area contributed by atoms with E-state index in [-0.39, 0.29) is 11.5 Å². The molecule has 0 aromatic carbocycles. The molecule has 0 amide bonds. The van der Waals surface area contributed by atoms with Gasteiger partial charge in [0, 0.05) is 25.1 Å². The number of aliphatic hydroxyl groups excluding tert-OH is 1. The van der Waals surface area contributed by atoms with E-state index in [9.17, 15) is 5.11 Å². The number of ether oxygens (including phenoxy) is 1. The van der Waals surface area contributed by atoms with Gasteiger partial charge in [-0.1, -0.05) is 13.8 Å². The number of hydrogen-bond acceptors (Lipinski definition) is 3. The average molecular weight is 229 g/mol. The van der Waals surface area contributed by atoms with Gasteiger partial charge in [0.25, 0.3) is 0 Å². The van der Waals surface area contributed by atoms with Gasteiger partial charge in [-0.15, -0.1) is 0 Å². The first-order chi connectivity index (χ1) is 7.42. The lowest BCUT2D eigenvalue weighted by molar-refractivity contribution is 0.0154. The van der Waals surface area contributed by atoms with Gasteiger partial charge in [-0.05, 0) is 32.7 Å². The predicted octanol–water partition coefficient (Wildman–Crippen LogP) is 1.75. The summed E-state index contributed by atoms with van der Waals surface area (Å²) in [5.74, 6) is 0.670. The Hall–Kier alpha value is -0.120. The van der Waals surface area contributed by atoms with Gasteiger partial charge in [0.05, 0.1) is 12.7 Å². The van der Waals surface area contributed by atoms with Crippen LogP contribution in [0.3, 0.4) is 0 Å². The minimum absolute atomic E-state index is 0.0374. The van der Waals surface area contributed by atoms with Crippen molar-refractivity contribution >= 4 is 0 Å². The van der Waals surface area contributed by atoms with Crippen molar-refractivity contribution in [3.63, 3.8) is 0 Å². The second-order valence-corrected chi connectivity index (χ2v) is 5.94. The summed E-state index contributed by atoms with van der Waals surface area (Å²) in [5.41, 5.74) is -0.0374. The Morgan fingerprint density at radius 2 is 2.19 bits per heavy atom. The van der Waals surface area contributed by atoms with Crippen LogP contribution < -0.4 is 0 Å². The van der Waals surface area contributed by atoms with Crippen LogP contribution in [-0.4, -0.2) is 49.5 Å². The standard InChI is InChI=1S/C13H27NO2/c1-11(15)13(2,3)10-14(4)8-12-6-5-7-16-9-12/h11-12,15H,5-10H2,1-4H3. The number of hydrogen-bond donors (Lipinski definition) is 1. The molecule has 1 rings (SSSR count). The Kier molecular flexibility index (Phi) is 5.22. The normalized spacial score (nSPS) is 24.8. The molecular weight excluding hydrogens is 202 g/mol. The molecule has 0 aromatic rings. The first kappa shape index (κ1) is 13.9. The molecule has 96 valence electrons. The highest BCUT2D eigenvalue weighted by molar-refractivity contribution is 4.79. The van der Waals surface area contributed by atoms with E-state index in [2.05, 4.69) is 25.8 Å². The lowest BCUT2D eigenvalue weighted by Crippen LogP contribution is -2.41. The van der Waals surface area contributed by atoms with E-state index < -0.39 is 0 Å². The Balaban J connectivity index is 2.31. The molecule has 1 aliphatic heterocycles. The van der Waals surface area contributed by atoms with E-state index in [0.29, 0.717) is 5.92 Å². The Bertz CT molecular complexity index is 198. The van der Waals surface area contributed by atoms with Crippen molar-refractivity contribution in [1.29, 1.82) is 0 Å². The summed E-state index contributed by atoms with van der Waals surface area (Å²) in [4.78, 5) is 2.33. The zero-order chi connectivity index (χ0) is 12.2. The highest BCUT2D eigenvalue weighted by atomic mass is 16.5. The maximum absolute atomic E-state index is 9.68. The maximum Gasteiger partial charge on any atom is 0.0575 e. The molecule has 1 saturated heterocycles. The molecule has 1 N–H and O–H groups in total. The van der Waals surface area contributed by atoms with E-state index in [1.807, 2.05) is 6.92 Å². The highest BCUT2D eigenvalue weighted by Crippen LogP contribution is 2.23. The third kappa shape index (κ3) is 4.40. The summed E-state index contributed by atoms with van der Waals surface area (Å²) in [6.45, 7) is 9.95. The number of nitrogens with zero attached hydrogens (tertiary/aromatic N) is 1. The average Bonchev–Trinajstić information content (AvgIpc) is 2.17. The summed E-state index contributed by atoms with van der Waals surface area (Å²) in [7, 11) is 2.14. The Morgan fingerprint density at radius 3 is 2.69 bits per heavy atom. The smallest absolute Gasteiger partial charge is 0.0575 e. The monoisotopic (exact) mass is 229 g/mol. The van der Waals surface area contributed by atoms with Crippen molar-refractivity contribution in [1.82, 2.24) is 4.90 Å². The second-order valence-electron chi connectivity index (χ2n) is 5.94. The quantitative estimate of drug-likeness (QED) is 0.779. The van der Waals surface area contributed by atoms with E-state index in [1.54, 1.807) is 0 Å². The van der Waals surface area contributed by atoms with Gasteiger partial charge in [-0.2, -0.15) is 0 Å². The van der Waals surface area contributed by atoms with Gasteiger partial charge in [-0.25, -0.2) is 0 Å². The van der Waals surface area contributed by atoms with Gasteiger partial charge >= 0.3 is 0 Å². The summed E-state index contributed by atoms with van der Waals surface area (Å²) < 4.78 is 5.48. The molecule has 2 unspecified atom stereocenters. The van der Waals surface area contributed by atoms with E-state index >= 15 is 0 Å². The Morgan fingerprint density at radius 1 is 1.50 bits per heavy atom. The highest BCUT2D eigenvalue weighted by Gasteiger charge is 2.27. The van der Waals surface area contributed by atoms with Gasteiger partial charge in [0.1, 0.15) is 0 Å². The van der Waals surface area contributed by atoms with Crippen molar-refractivity contribution < 1.29 is 9.84 Å². The summed E-state index contributed by atoms with van der Waals surface area (Å²) in [6.07, 6.45) is 2.20. The van der Waals surface area contributed by atoms with Crippen molar-refractivity contribution in [3.05, 3.63) is 0 Å². The molecule has 0 aliphatic carbocycles. The second kappa shape index (κ2) is 5.99. The topological polar surface area (TPSA) is 32.7 Å². The molecule has 3 heteroatoms. The lowest BCUT2D eigenvalue weighted by Gasteiger charge is -2.35. The molecule has 1 fully saturated rings. The molecule has 2 atom stereocenters. The summed E-state index contributed by atoms with van der Waals surface area (Å²) in [6, 6.07) is 0. The fraction of sp³-hybridized carbons (Fsp3) is 1.00. The molecule has 0 radical (unpaired) electrons. The summed E-state index contributed by atoms with van der Waals surface area (Å²) >= 11 is 0. The molecule has 1 heterocycles. The summed E-state index contributed by atoms with van der Waals surface area (Å²) in [5, 5.41) is 9.68. The van der Waals surface area contributed by atoms with Crippen LogP contribution in [0.5, 0.6) is 0 Å². The Labute approximate surface area is 99.8 Å². The van der Waals surface area contributed by atoms with Gasteiger partial charge in [0.15, 0.2) is 0 Å². The van der Waals surface area contributed by atoms with Crippen molar-refractivity contribution in [2.24, 2.45) is 11.3 Å². The van der Waals surface area contributed by atoms with Crippen LogP contribution in [0.2, 0.25) is 0 Å². The minimum atomic E-state index is -0.266. The zero-order valence-corrected chi connectivity index (χ0v) is 11.2. The molecule has 1 aliphatic rings. The third-order valence-corrected chi connectivity index (χ3v) is 3.63. The van der Waals surface area contributed by atoms with Crippen molar-refractivity contribution in [2.75, 3.05) is 33.4 Å². The molecule has 0 bridgehead atoms. The van der Waals surface area contributed by atoms with Crippen molar-refractivity contribution in [3.8, 4) is 0 Å². The van der Waals surface area contributed by atoms with Gasteiger partial charge in [0.2, 0.25) is 0 Å². The van der Waals surface area contributed by atoms with E-state index in [0.717, 1.165) is 26.3 Å². The fourth-order valence-electron chi connectivity index (χ4n) is 2.28. The number of aliphatic hydroxyl groups is 1. The van der Waals surface area contributed by atoms with Crippen LogP contribution in [0, 0.1) is 11.3 Å². The van der Waals surface area contributed by atoms with Crippen LogP contribution in [0.15, 0.2) is 0 Å². The predicted molar refractivity (Wildman–Crippen MR) is 66.5 cm³/mol. The van der Waals surface area contributed by atoms with Gasteiger partial charge < -0.3 is 14.7 Å². The first-order valence-corrected chi connectivity index (χ1v) is 6.36. The largest absolute Gasteiger partial charge is 0.393 e. The SMILES string of the molecule is CC(O)C(C)(C)CN(C)CC1CCCOC1. The maximum atomic E-state index is 9.68. The van der Waals surface area contributed by atoms with Crippen LogP contribution in [-0.2, 0) is 4.74 Å². The molecule has 0 aromatic heterocycles. The van der Waals surface area contributed by atoms with Crippen LogP contribution >= 0.6 is 0 Å². The lowest BCUT2D eigenvalue weighted by atomic mass is 9.86. The molecule has 0 saturated carbocycles. The minimum Gasteiger partial charge on any atom is -0.393 e.